The number of anilines is 1. The van der Waals surface area contributed by atoms with E-state index in [9.17, 15) is 9.59 Å². The zero-order valence-corrected chi connectivity index (χ0v) is 17.4. The molecule has 0 bridgehead atoms. The number of likely N-dealkylation sites (N-methyl/N-ethyl adjacent to an activating group) is 1. The van der Waals surface area contributed by atoms with Crippen molar-refractivity contribution in [2.24, 2.45) is 0 Å². The van der Waals surface area contributed by atoms with Gasteiger partial charge >= 0.3 is 0 Å². The standard InChI is InChI=1S/C19H18Cl2N2O4S/c1-23(10-17(24)22-19-13(20)3-2-4-14(19)21)18(25)11-28-12-5-6-15-16(9-12)27-8-7-26-15/h2-6,9H,7-8,10-11H2,1H3,(H,22,24). The number of rotatable bonds is 6. The van der Waals surface area contributed by atoms with Crippen LogP contribution >= 0.6 is 35.0 Å². The van der Waals surface area contributed by atoms with Gasteiger partial charge < -0.3 is 19.7 Å². The Morgan fingerprint density at radius 3 is 2.50 bits per heavy atom. The first-order valence-electron chi connectivity index (χ1n) is 8.44. The summed E-state index contributed by atoms with van der Waals surface area (Å²) in [5.74, 6) is 1.01. The Hall–Kier alpha value is -2.09. The Morgan fingerprint density at radius 1 is 1.11 bits per heavy atom. The highest BCUT2D eigenvalue weighted by Crippen LogP contribution is 2.34. The van der Waals surface area contributed by atoms with Gasteiger partial charge in [0.1, 0.15) is 13.2 Å². The summed E-state index contributed by atoms with van der Waals surface area (Å²) in [6, 6.07) is 10.5. The van der Waals surface area contributed by atoms with Gasteiger partial charge in [0, 0.05) is 11.9 Å². The summed E-state index contributed by atoms with van der Waals surface area (Å²) in [5.41, 5.74) is 0.335. The van der Waals surface area contributed by atoms with E-state index in [2.05, 4.69) is 5.32 Å². The number of halogens is 2. The highest BCUT2D eigenvalue weighted by Gasteiger charge is 2.17. The number of amides is 2. The van der Waals surface area contributed by atoms with Gasteiger partial charge in [-0.25, -0.2) is 0 Å². The first-order chi connectivity index (χ1) is 13.4. The predicted molar refractivity (Wildman–Crippen MR) is 111 cm³/mol. The fourth-order valence-corrected chi connectivity index (χ4v) is 3.83. The van der Waals surface area contributed by atoms with E-state index in [1.165, 1.54) is 16.7 Å². The number of nitrogens with one attached hydrogen (secondary N) is 1. The van der Waals surface area contributed by atoms with Gasteiger partial charge in [-0.1, -0.05) is 29.3 Å². The second-order valence-corrected chi connectivity index (χ2v) is 7.85. The minimum atomic E-state index is -0.379. The number of carbonyl (C=O) groups excluding carboxylic acids is 2. The predicted octanol–water partition coefficient (Wildman–Crippen LogP) is 3.95. The summed E-state index contributed by atoms with van der Waals surface area (Å²) in [7, 11) is 1.57. The van der Waals surface area contributed by atoms with E-state index in [0.717, 1.165) is 4.90 Å². The number of para-hydroxylation sites is 1. The Labute approximate surface area is 177 Å². The van der Waals surface area contributed by atoms with Gasteiger partial charge in [0.05, 0.1) is 28.0 Å². The first-order valence-corrected chi connectivity index (χ1v) is 10.2. The molecule has 0 aliphatic carbocycles. The van der Waals surface area contributed by atoms with E-state index in [0.29, 0.717) is 40.4 Å². The molecule has 3 rings (SSSR count). The van der Waals surface area contributed by atoms with Crippen molar-refractivity contribution in [3.8, 4) is 11.5 Å². The monoisotopic (exact) mass is 440 g/mol. The van der Waals surface area contributed by atoms with Crippen LogP contribution in [0.3, 0.4) is 0 Å². The minimum Gasteiger partial charge on any atom is -0.486 e. The van der Waals surface area contributed by atoms with Crippen molar-refractivity contribution in [2.45, 2.75) is 4.90 Å². The average molecular weight is 441 g/mol. The summed E-state index contributed by atoms with van der Waals surface area (Å²) in [6.07, 6.45) is 0. The molecule has 1 aliphatic heterocycles. The van der Waals surface area contributed by atoms with Crippen LogP contribution in [0.5, 0.6) is 11.5 Å². The topological polar surface area (TPSA) is 67.9 Å². The molecular weight excluding hydrogens is 423 g/mol. The fourth-order valence-electron chi connectivity index (χ4n) is 2.47. The van der Waals surface area contributed by atoms with E-state index < -0.39 is 0 Å². The largest absolute Gasteiger partial charge is 0.486 e. The summed E-state index contributed by atoms with van der Waals surface area (Å²) < 4.78 is 11.0. The molecule has 0 atom stereocenters. The fraction of sp³-hybridized carbons (Fsp3) is 0.263. The molecule has 1 aliphatic rings. The molecule has 2 amide bonds. The third kappa shape index (κ3) is 5.25. The first kappa shape index (κ1) is 20.6. The highest BCUT2D eigenvalue weighted by molar-refractivity contribution is 8.00. The van der Waals surface area contributed by atoms with Crippen molar-refractivity contribution in [2.75, 3.05) is 37.9 Å². The molecule has 2 aromatic carbocycles. The maximum atomic E-state index is 12.3. The Kier molecular flexibility index (Phi) is 6.93. The van der Waals surface area contributed by atoms with Gasteiger partial charge in [-0.05, 0) is 30.3 Å². The number of hydrogen-bond donors (Lipinski definition) is 1. The number of carbonyl (C=O) groups is 2. The van der Waals surface area contributed by atoms with Gasteiger partial charge in [-0.3, -0.25) is 9.59 Å². The van der Waals surface area contributed by atoms with Gasteiger partial charge in [0.25, 0.3) is 0 Å². The van der Waals surface area contributed by atoms with Gasteiger partial charge in [0.15, 0.2) is 11.5 Å². The lowest BCUT2D eigenvalue weighted by molar-refractivity contribution is -0.131. The molecule has 28 heavy (non-hydrogen) atoms. The van der Waals surface area contributed by atoms with Crippen LogP contribution < -0.4 is 14.8 Å². The number of benzene rings is 2. The van der Waals surface area contributed by atoms with Crippen molar-refractivity contribution >= 4 is 52.5 Å². The van der Waals surface area contributed by atoms with Crippen molar-refractivity contribution < 1.29 is 19.1 Å². The van der Waals surface area contributed by atoms with E-state index in [1.54, 1.807) is 25.2 Å². The zero-order valence-electron chi connectivity index (χ0n) is 15.0. The molecule has 0 aromatic heterocycles. The lowest BCUT2D eigenvalue weighted by Gasteiger charge is -2.19. The third-order valence-electron chi connectivity index (χ3n) is 3.91. The Bertz CT molecular complexity index is 874. The minimum absolute atomic E-state index is 0.109. The van der Waals surface area contributed by atoms with Crippen LogP contribution in [0.2, 0.25) is 10.0 Å². The van der Waals surface area contributed by atoms with Crippen molar-refractivity contribution in [3.05, 3.63) is 46.4 Å². The third-order valence-corrected chi connectivity index (χ3v) is 5.52. The van der Waals surface area contributed by atoms with Gasteiger partial charge in [-0.15, -0.1) is 11.8 Å². The van der Waals surface area contributed by atoms with Crippen molar-refractivity contribution in [3.63, 3.8) is 0 Å². The molecule has 0 unspecified atom stereocenters. The second-order valence-electron chi connectivity index (χ2n) is 5.99. The summed E-state index contributed by atoms with van der Waals surface area (Å²) in [5, 5.41) is 3.31. The number of thioether (sulfide) groups is 1. The lowest BCUT2D eigenvalue weighted by Crippen LogP contribution is -2.36. The second kappa shape index (κ2) is 9.41. The molecule has 0 saturated carbocycles. The lowest BCUT2D eigenvalue weighted by atomic mass is 10.3. The van der Waals surface area contributed by atoms with Gasteiger partial charge in [0.2, 0.25) is 11.8 Å². The van der Waals surface area contributed by atoms with Crippen LogP contribution in [0.4, 0.5) is 5.69 Å². The van der Waals surface area contributed by atoms with E-state index in [1.807, 2.05) is 18.2 Å². The van der Waals surface area contributed by atoms with Crippen LogP contribution in [-0.4, -0.2) is 49.3 Å². The molecule has 9 heteroatoms. The maximum Gasteiger partial charge on any atom is 0.244 e. The SMILES string of the molecule is CN(CC(=O)Nc1c(Cl)cccc1Cl)C(=O)CSc1ccc2c(c1)OCCO2. The Morgan fingerprint density at radius 2 is 1.79 bits per heavy atom. The van der Waals surface area contributed by atoms with E-state index in [4.69, 9.17) is 32.7 Å². The number of fused-ring (bicyclic) bond motifs is 1. The molecule has 1 N–H and O–H groups in total. The number of nitrogens with zero attached hydrogens (tertiary/aromatic N) is 1. The van der Waals surface area contributed by atoms with E-state index >= 15 is 0 Å². The molecule has 0 spiro atoms. The molecule has 2 aromatic rings. The van der Waals surface area contributed by atoms with Gasteiger partial charge in [-0.2, -0.15) is 0 Å². The van der Waals surface area contributed by atoms with Crippen molar-refractivity contribution in [1.82, 2.24) is 4.90 Å². The molecule has 1 heterocycles. The summed E-state index contributed by atoms with van der Waals surface area (Å²) in [4.78, 5) is 26.8. The number of ether oxygens (including phenoxy) is 2. The molecule has 0 fully saturated rings. The van der Waals surface area contributed by atoms with Crippen LogP contribution in [0.1, 0.15) is 0 Å². The van der Waals surface area contributed by atoms with Crippen LogP contribution in [0.15, 0.2) is 41.3 Å². The summed E-state index contributed by atoms with van der Waals surface area (Å²) >= 11 is 13.4. The van der Waals surface area contributed by atoms with Crippen LogP contribution in [0, 0.1) is 0 Å². The maximum absolute atomic E-state index is 12.3. The quantitative estimate of drug-likeness (QED) is 0.688. The molecule has 0 radical (unpaired) electrons. The molecule has 0 saturated heterocycles. The van der Waals surface area contributed by atoms with Crippen molar-refractivity contribution in [1.29, 1.82) is 0 Å². The molecule has 6 nitrogen and oxygen atoms in total. The summed E-state index contributed by atoms with van der Waals surface area (Å²) in [6.45, 7) is 0.930. The molecule has 148 valence electrons. The molecular formula is C19H18Cl2N2O4S. The van der Waals surface area contributed by atoms with Crippen LogP contribution in [-0.2, 0) is 9.59 Å². The smallest absolute Gasteiger partial charge is 0.244 e. The van der Waals surface area contributed by atoms with E-state index in [-0.39, 0.29) is 24.1 Å². The number of hydrogen-bond acceptors (Lipinski definition) is 5. The highest BCUT2D eigenvalue weighted by atomic mass is 35.5. The Balaban J connectivity index is 1.51. The normalized spacial score (nSPS) is 12.4. The average Bonchev–Trinajstić information content (AvgIpc) is 2.68. The van der Waals surface area contributed by atoms with Crippen LogP contribution in [0.25, 0.3) is 0 Å². The zero-order chi connectivity index (χ0) is 20.1.